The van der Waals surface area contributed by atoms with E-state index >= 15 is 0 Å². The molecule has 0 saturated heterocycles. The largest absolute Gasteiger partial charge is 0.315 e. The minimum atomic E-state index is 0.734. The van der Waals surface area contributed by atoms with Crippen LogP contribution in [0.4, 0.5) is 0 Å². The van der Waals surface area contributed by atoms with Gasteiger partial charge in [0.15, 0.2) is 0 Å². The summed E-state index contributed by atoms with van der Waals surface area (Å²) in [6, 6.07) is 8.84. The Morgan fingerprint density at radius 3 is 3.00 bits per heavy atom. The third-order valence-corrected chi connectivity index (χ3v) is 5.41. The first-order valence-corrected chi connectivity index (χ1v) is 8.43. The van der Waals surface area contributed by atoms with Crippen LogP contribution < -0.4 is 5.32 Å². The Kier molecular flexibility index (Phi) is 4.62. The molecule has 0 saturated carbocycles. The number of rotatable bonds is 5. The summed E-state index contributed by atoms with van der Waals surface area (Å²) < 4.78 is 0. The van der Waals surface area contributed by atoms with Crippen molar-refractivity contribution in [1.82, 2.24) is 5.32 Å². The minimum absolute atomic E-state index is 0.734. The van der Waals surface area contributed by atoms with Gasteiger partial charge in [0.2, 0.25) is 0 Å². The summed E-state index contributed by atoms with van der Waals surface area (Å²) in [6.07, 6.45) is 10.4. The molecule has 0 spiro atoms. The number of allylic oxidation sites excluding steroid dienone is 1. The van der Waals surface area contributed by atoms with Crippen LogP contribution in [-0.4, -0.2) is 18.3 Å². The van der Waals surface area contributed by atoms with Crippen LogP contribution in [-0.2, 0) is 6.42 Å². The zero-order valence-corrected chi connectivity index (χ0v) is 12.3. The van der Waals surface area contributed by atoms with Gasteiger partial charge < -0.3 is 5.32 Å². The van der Waals surface area contributed by atoms with Crippen molar-refractivity contribution in [2.75, 3.05) is 13.1 Å². The molecule has 0 fully saturated rings. The van der Waals surface area contributed by atoms with Gasteiger partial charge in [0.1, 0.15) is 0 Å². The van der Waals surface area contributed by atoms with Crippen molar-refractivity contribution in [3.63, 3.8) is 0 Å². The van der Waals surface area contributed by atoms with Gasteiger partial charge in [0.05, 0.1) is 0 Å². The van der Waals surface area contributed by atoms with Crippen molar-refractivity contribution in [2.24, 2.45) is 0 Å². The summed E-state index contributed by atoms with van der Waals surface area (Å²) in [4.78, 5) is 1.49. The van der Waals surface area contributed by atoms with E-state index in [9.17, 15) is 0 Å². The van der Waals surface area contributed by atoms with E-state index < -0.39 is 0 Å². The molecule has 0 aromatic heterocycles. The van der Waals surface area contributed by atoms with Crippen LogP contribution >= 0.6 is 11.8 Å². The molecule has 3 rings (SSSR count). The van der Waals surface area contributed by atoms with Crippen LogP contribution in [0.15, 0.2) is 40.8 Å². The van der Waals surface area contributed by atoms with Gasteiger partial charge in [-0.3, -0.25) is 0 Å². The molecule has 1 aliphatic heterocycles. The quantitative estimate of drug-likeness (QED) is 0.638. The van der Waals surface area contributed by atoms with Gasteiger partial charge >= 0.3 is 0 Å². The molecular formula is C17H23NS. The Labute approximate surface area is 120 Å². The van der Waals surface area contributed by atoms with E-state index in [4.69, 9.17) is 0 Å². The normalized spacial score (nSPS) is 22.1. The Hall–Kier alpha value is -0.730. The van der Waals surface area contributed by atoms with Crippen molar-refractivity contribution < 1.29 is 0 Å². The fourth-order valence-electron chi connectivity index (χ4n) is 3.01. The summed E-state index contributed by atoms with van der Waals surface area (Å²) in [6.45, 7) is 2.30. The predicted octanol–water partition coefficient (Wildman–Crippen LogP) is 4.18. The molecule has 102 valence electrons. The molecule has 1 nitrogen and oxygen atoms in total. The fourth-order valence-corrected chi connectivity index (χ4v) is 4.29. The Morgan fingerprint density at radius 2 is 2.16 bits per heavy atom. The molecule has 1 aromatic rings. The lowest BCUT2D eigenvalue weighted by Crippen LogP contribution is -2.25. The third-order valence-electron chi connectivity index (χ3n) is 4.09. The molecular weight excluding hydrogens is 250 g/mol. The number of hydrogen-bond donors (Lipinski definition) is 1. The molecule has 1 unspecified atom stereocenters. The molecule has 2 heteroatoms. The average Bonchev–Trinajstić information content (AvgIpc) is 2.87. The summed E-state index contributed by atoms with van der Waals surface area (Å²) >= 11 is 2.05. The summed E-state index contributed by atoms with van der Waals surface area (Å²) in [7, 11) is 0. The van der Waals surface area contributed by atoms with Crippen LogP contribution in [0.1, 0.15) is 37.7 Å². The van der Waals surface area contributed by atoms with E-state index in [0.717, 1.165) is 18.3 Å². The maximum Gasteiger partial charge on any atom is 0.0260 e. The van der Waals surface area contributed by atoms with Gasteiger partial charge in [-0.2, -0.15) is 0 Å². The van der Waals surface area contributed by atoms with Crippen molar-refractivity contribution in [3.8, 4) is 0 Å². The van der Waals surface area contributed by atoms with Crippen molar-refractivity contribution in [2.45, 2.75) is 48.7 Å². The minimum Gasteiger partial charge on any atom is -0.315 e. The van der Waals surface area contributed by atoms with E-state index in [1.165, 1.54) is 49.0 Å². The van der Waals surface area contributed by atoms with Crippen LogP contribution in [0.5, 0.6) is 0 Å². The van der Waals surface area contributed by atoms with E-state index in [1.807, 2.05) is 11.8 Å². The van der Waals surface area contributed by atoms with Gasteiger partial charge in [-0.05, 0) is 56.7 Å². The lowest BCUT2D eigenvalue weighted by Gasteiger charge is -2.14. The maximum atomic E-state index is 3.65. The number of hydrogen-bond acceptors (Lipinski definition) is 2. The van der Waals surface area contributed by atoms with Gasteiger partial charge in [0, 0.05) is 16.7 Å². The zero-order chi connectivity index (χ0) is 12.9. The topological polar surface area (TPSA) is 12.0 Å². The third kappa shape index (κ3) is 3.64. The van der Waals surface area contributed by atoms with Gasteiger partial charge in [-0.25, -0.2) is 0 Å². The van der Waals surface area contributed by atoms with E-state index in [1.54, 1.807) is 5.57 Å². The monoisotopic (exact) mass is 273 g/mol. The fraction of sp³-hybridized carbons (Fsp3) is 0.529. The summed E-state index contributed by atoms with van der Waals surface area (Å²) in [5, 5.41) is 4.38. The van der Waals surface area contributed by atoms with E-state index in [2.05, 4.69) is 35.7 Å². The highest BCUT2D eigenvalue weighted by Gasteiger charge is 2.20. The van der Waals surface area contributed by atoms with E-state index in [0.29, 0.717) is 0 Å². The SMILES string of the molecule is C1=C(CCNCC2Cc3ccccc3S2)CCCC1. The Morgan fingerprint density at radius 1 is 1.21 bits per heavy atom. The Balaban J connectivity index is 1.37. The molecule has 0 bridgehead atoms. The predicted molar refractivity (Wildman–Crippen MR) is 83.8 cm³/mol. The number of benzene rings is 1. The van der Waals surface area contributed by atoms with Crippen molar-refractivity contribution >= 4 is 11.8 Å². The smallest absolute Gasteiger partial charge is 0.0260 e. The second-order valence-corrected chi connectivity index (χ2v) is 6.96. The van der Waals surface area contributed by atoms with Crippen molar-refractivity contribution in [1.29, 1.82) is 0 Å². The zero-order valence-electron chi connectivity index (χ0n) is 11.5. The highest BCUT2D eigenvalue weighted by Crippen LogP contribution is 2.36. The lowest BCUT2D eigenvalue weighted by atomic mass is 9.97. The molecule has 1 aromatic carbocycles. The number of nitrogens with one attached hydrogen (secondary N) is 1. The maximum absolute atomic E-state index is 3.65. The lowest BCUT2D eigenvalue weighted by molar-refractivity contribution is 0.624. The first-order valence-electron chi connectivity index (χ1n) is 7.55. The summed E-state index contributed by atoms with van der Waals surface area (Å²) in [5.74, 6) is 0. The summed E-state index contributed by atoms with van der Waals surface area (Å²) in [5.41, 5.74) is 3.22. The molecule has 0 amide bonds. The first kappa shape index (κ1) is 13.3. The van der Waals surface area contributed by atoms with Crippen LogP contribution in [0, 0.1) is 0 Å². The highest BCUT2D eigenvalue weighted by atomic mass is 32.2. The molecule has 1 aliphatic carbocycles. The molecule has 2 aliphatic rings. The molecule has 19 heavy (non-hydrogen) atoms. The van der Waals surface area contributed by atoms with Gasteiger partial charge in [-0.1, -0.05) is 29.8 Å². The van der Waals surface area contributed by atoms with Crippen LogP contribution in [0.3, 0.4) is 0 Å². The van der Waals surface area contributed by atoms with E-state index in [-0.39, 0.29) is 0 Å². The molecule has 1 N–H and O–H groups in total. The number of thioether (sulfide) groups is 1. The second-order valence-electron chi connectivity index (χ2n) is 5.61. The first-order chi connectivity index (χ1) is 9.42. The molecule has 0 radical (unpaired) electrons. The van der Waals surface area contributed by atoms with Crippen LogP contribution in [0.25, 0.3) is 0 Å². The molecule has 1 atom stereocenters. The van der Waals surface area contributed by atoms with Crippen LogP contribution in [0.2, 0.25) is 0 Å². The Bertz CT molecular complexity index is 427. The highest BCUT2D eigenvalue weighted by molar-refractivity contribution is 8.00. The second kappa shape index (κ2) is 6.62. The van der Waals surface area contributed by atoms with Crippen molar-refractivity contribution in [3.05, 3.63) is 41.5 Å². The standard InChI is InChI=1S/C17H23NS/c1-2-6-14(7-3-1)10-11-18-13-16-12-15-8-4-5-9-17(15)19-16/h4-6,8-9,16,18H,1-3,7,10-13H2. The average molecular weight is 273 g/mol. The number of fused-ring (bicyclic) bond motifs is 1. The van der Waals surface area contributed by atoms with Gasteiger partial charge in [0.25, 0.3) is 0 Å². The molecule has 1 heterocycles. The van der Waals surface area contributed by atoms with Gasteiger partial charge in [-0.15, -0.1) is 11.8 Å².